The van der Waals surface area contributed by atoms with Gasteiger partial charge >= 0.3 is 5.97 Å². The predicted molar refractivity (Wildman–Crippen MR) is 76.7 cm³/mol. The molecule has 0 amide bonds. The average Bonchev–Trinajstić information content (AvgIpc) is 2.53. The molecule has 0 bridgehead atoms. The number of pyridine rings is 1. The summed E-state index contributed by atoms with van der Waals surface area (Å²) in [5.41, 5.74) is 1.50. The number of hydrogen-bond acceptors (Lipinski definition) is 5. The molecule has 0 atom stereocenters. The van der Waals surface area contributed by atoms with E-state index in [0.717, 1.165) is 5.56 Å². The van der Waals surface area contributed by atoms with Gasteiger partial charge in [0, 0.05) is 6.20 Å². The van der Waals surface area contributed by atoms with Crippen LogP contribution in [0.1, 0.15) is 32.0 Å². The highest BCUT2D eigenvalue weighted by atomic mass is 16.5. The van der Waals surface area contributed by atoms with E-state index >= 15 is 0 Å². The summed E-state index contributed by atoms with van der Waals surface area (Å²) in [5, 5.41) is 0. The third-order valence-corrected chi connectivity index (χ3v) is 3.03. The largest absolute Gasteiger partial charge is 0.496 e. The van der Waals surface area contributed by atoms with Crippen molar-refractivity contribution in [1.29, 1.82) is 0 Å². The summed E-state index contributed by atoms with van der Waals surface area (Å²) >= 11 is 0. The fraction of sp³-hybridized carbons (Fsp3) is 0.188. The van der Waals surface area contributed by atoms with Gasteiger partial charge in [-0.15, -0.1) is 0 Å². The second-order valence-corrected chi connectivity index (χ2v) is 4.42. The van der Waals surface area contributed by atoms with E-state index in [4.69, 9.17) is 4.74 Å². The van der Waals surface area contributed by atoms with Gasteiger partial charge in [0.2, 0.25) is 5.78 Å². The summed E-state index contributed by atoms with van der Waals surface area (Å²) in [6.07, 6.45) is 1.46. The Labute approximate surface area is 122 Å². The Bertz CT molecular complexity index is 694. The van der Waals surface area contributed by atoms with Crippen molar-refractivity contribution >= 4 is 11.8 Å². The van der Waals surface area contributed by atoms with Gasteiger partial charge < -0.3 is 9.47 Å². The second kappa shape index (κ2) is 6.17. The lowest BCUT2D eigenvalue weighted by molar-refractivity contribution is 0.0596. The van der Waals surface area contributed by atoms with E-state index < -0.39 is 5.97 Å². The number of esters is 1. The molecule has 2 rings (SSSR count). The zero-order valence-corrected chi connectivity index (χ0v) is 12.0. The number of aromatic nitrogens is 1. The van der Waals surface area contributed by atoms with Crippen LogP contribution in [0, 0.1) is 6.92 Å². The van der Waals surface area contributed by atoms with Crippen LogP contribution in [0.3, 0.4) is 0 Å². The molecule has 21 heavy (non-hydrogen) atoms. The maximum atomic E-state index is 12.6. The number of ketones is 1. The van der Waals surface area contributed by atoms with Gasteiger partial charge in [-0.05, 0) is 36.8 Å². The van der Waals surface area contributed by atoms with Crippen LogP contribution < -0.4 is 4.74 Å². The van der Waals surface area contributed by atoms with E-state index in [1.165, 1.54) is 26.5 Å². The molecule has 0 aliphatic rings. The number of rotatable bonds is 4. The molecule has 0 unspecified atom stereocenters. The lowest BCUT2D eigenvalue weighted by Gasteiger charge is -2.10. The number of hydrogen-bond donors (Lipinski definition) is 0. The molecule has 2 aromatic rings. The van der Waals surface area contributed by atoms with Crippen molar-refractivity contribution in [2.24, 2.45) is 0 Å². The Morgan fingerprint density at radius 1 is 1.10 bits per heavy atom. The number of benzene rings is 1. The third kappa shape index (κ3) is 2.91. The third-order valence-electron chi connectivity index (χ3n) is 3.03. The summed E-state index contributed by atoms with van der Waals surface area (Å²) in [7, 11) is 2.75. The Balaban J connectivity index is 2.53. The molecule has 0 N–H and O–H groups in total. The molecule has 0 spiro atoms. The van der Waals surface area contributed by atoms with Crippen molar-refractivity contribution in [3.05, 3.63) is 58.9 Å². The van der Waals surface area contributed by atoms with Gasteiger partial charge in [-0.1, -0.05) is 6.07 Å². The van der Waals surface area contributed by atoms with E-state index in [9.17, 15) is 9.59 Å². The molecule has 0 saturated heterocycles. The number of nitrogens with zero attached hydrogens (tertiary/aromatic N) is 1. The Hall–Kier alpha value is -2.69. The monoisotopic (exact) mass is 285 g/mol. The first kappa shape index (κ1) is 14.7. The summed E-state index contributed by atoms with van der Waals surface area (Å²) in [5.74, 6) is -0.535. The number of methoxy groups -OCH3 is 2. The number of ether oxygens (including phenoxy) is 2. The van der Waals surface area contributed by atoms with Crippen molar-refractivity contribution in [2.75, 3.05) is 14.2 Å². The second-order valence-electron chi connectivity index (χ2n) is 4.42. The molecule has 0 radical (unpaired) electrons. The maximum absolute atomic E-state index is 12.6. The molecule has 5 heteroatoms. The highest BCUT2D eigenvalue weighted by molar-refractivity contribution is 6.14. The quantitative estimate of drug-likeness (QED) is 0.637. The van der Waals surface area contributed by atoms with Gasteiger partial charge in [0.05, 0.1) is 25.3 Å². The lowest BCUT2D eigenvalue weighted by atomic mass is 10.0. The predicted octanol–water partition coefficient (Wildman–Crippen LogP) is 2.42. The van der Waals surface area contributed by atoms with Crippen LogP contribution >= 0.6 is 0 Å². The van der Waals surface area contributed by atoms with Crippen LogP contribution in [-0.2, 0) is 4.74 Å². The number of carbonyl (C=O) groups is 2. The molecule has 1 aromatic heterocycles. The highest BCUT2D eigenvalue weighted by Crippen LogP contribution is 2.23. The van der Waals surface area contributed by atoms with Gasteiger partial charge in [-0.2, -0.15) is 0 Å². The van der Waals surface area contributed by atoms with Gasteiger partial charge in [0.25, 0.3) is 0 Å². The van der Waals surface area contributed by atoms with E-state index in [-0.39, 0.29) is 17.0 Å². The minimum Gasteiger partial charge on any atom is -0.496 e. The SMILES string of the molecule is COC(=O)c1cccnc1C(=O)c1ccc(C)cc1OC. The van der Waals surface area contributed by atoms with Crippen LogP contribution in [0.25, 0.3) is 0 Å². The minimum absolute atomic E-state index is 0.0477. The number of carbonyl (C=O) groups excluding carboxylic acids is 2. The fourth-order valence-corrected chi connectivity index (χ4v) is 1.97. The summed E-state index contributed by atoms with van der Waals surface area (Å²) < 4.78 is 9.91. The molecule has 1 heterocycles. The Kier molecular flexibility index (Phi) is 4.33. The van der Waals surface area contributed by atoms with Crippen molar-refractivity contribution in [3.63, 3.8) is 0 Å². The van der Waals surface area contributed by atoms with E-state index in [1.54, 1.807) is 24.3 Å². The first-order valence-corrected chi connectivity index (χ1v) is 6.31. The van der Waals surface area contributed by atoms with E-state index in [2.05, 4.69) is 9.72 Å². The normalized spacial score (nSPS) is 10.0. The van der Waals surface area contributed by atoms with Crippen molar-refractivity contribution in [3.8, 4) is 5.75 Å². The maximum Gasteiger partial charge on any atom is 0.340 e. The standard InChI is InChI=1S/C16H15NO4/c1-10-6-7-11(13(9-10)20-2)15(18)14-12(16(19)21-3)5-4-8-17-14/h4-9H,1-3H3. The Morgan fingerprint density at radius 2 is 1.86 bits per heavy atom. The number of aryl methyl sites for hydroxylation is 1. The molecule has 1 aromatic carbocycles. The fourth-order valence-electron chi connectivity index (χ4n) is 1.97. The van der Waals surface area contributed by atoms with Gasteiger partial charge in [-0.25, -0.2) is 4.79 Å². The van der Waals surface area contributed by atoms with Crippen molar-refractivity contribution in [1.82, 2.24) is 4.98 Å². The highest BCUT2D eigenvalue weighted by Gasteiger charge is 2.22. The zero-order valence-electron chi connectivity index (χ0n) is 12.0. The molecule has 0 fully saturated rings. The van der Waals surface area contributed by atoms with Crippen LogP contribution in [0.4, 0.5) is 0 Å². The van der Waals surface area contributed by atoms with Gasteiger partial charge in [-0.3, -0.25) is 9.78 Å². The van der Waals surface area contributed by atoms with Crippen LogP contribution in [0.2, 0.25) is 0 Å². The topological polar surface area (TPSA) is 65.5 Å². The molecule has 108 valence electrons. The molecular formula is C16H15NO4. The van der Waals surface area contributed by atoms with E-state index in [1.807, 2.05) is 6.92 Å². The summed E-state index contributed by atoms with van der Waals surface area (Å²) in [6, 6.07) is 8.30. The summed E-state index contributed by atoms with van der Waals surface area (Å²) in [4.78, 5) is 28.4. The van der Waals surface area contributed by atoms with Crippen molar-refractivity contribution < 1.29 is 19.1 Å². The summed E-state index contributed by atoms with van der Waals surface area (Å²) in [6.45, 7) is 1.90. The molecular weight excluding hydrogens is 270 g/mol. The van der Waals surface area contributed by atoms with Gasteiger partial charge in [0.15, 0.2) is 0 Å². The molecule has 0 aliphatic carbocycles. The van der Waals surface area contributed by atoms with E-state index in [0.29, 0.717) is 11.3 Å². The average molecular weight is 285 g/mol. The van der Waals surface area contributed by atoms with Crippen LogP contribution in [0.5, 0.6) is 5.75 Å². The van der Waals surface area contributed by atoms with Crippen molar-refractivity contribution in [2.45, 2.75) is 6.92 Å². The first-order valence-electron chi connectivity index (χ1n) is 6.31. The first-order chi connectivity index (χ1) is 10.1. The lowest BCUT2D eigenvalue weighted by Crippen LogP contribution is -2.14. The Morgan fingerprint density at radius 3 is 2.52 bits per heavy atom. The van der Waals surface area contributed by atoms with Crippen LogP contribution in [0.15, 0.2) is 36.5 Å². The molecule has 0 aliphatic heterocycles. The smallest absolute Gasteiger partial charge is 0.340 e. The van der Waals surface area contributed by atoms with Gasteiger partial charge in [0.1, 0.15) is 11.4 Å². The van der Waals surface area contributed by atoms with Crippen LogP contribution in [-0.4, -0.2) is 31.0 Å². The molecule has 5 nitrogen and oxygen atoms in total. The minimum atomic E-state index is -0.600. The molecule has 0 saturated carbocycles. The zero-order chi connectivity index (χ0) is 15.4.